The van der Waals surface area contributed by atoms with E-state index in [0.717, 1.165) is 35.9 Å². The number of aromatic nitrogens is 2. The molecule has 0 radical (unpaired) electrons. The predicted molar refractivity (Wildman–Crippen MR) is 82.6 cm³/mol. The van der Waals surface area contributed by atoms with Gasteiger partial charge in [0.15, 0.2) is 0 Å². The summed E-state index contributed by atoms with van der Waals surface area (Å²) < 4.78 is 0. The van der Waals surface area contributed by atoms with Gasteiger partial charge in [-0.15, -0.1) is 0 Å². The van der Waals surface area contributed by atoms with Gasteiger partial charge in [0, 0.05) is 26.2 Å². The molecule has 6 nitrogen and oxygen atoms in total. The van der Waals surface area contributed by atoms with Crippen molar-refractivity contribution >= 4 is 11.4 Å². The van der Waals surface area contributed by atoms with E-state index >= 15 is 0 Å². The van der Waals surface area contributed by atoms with E-state index < -0.39 is 0 Å². The highest BCUT2D eigenvalue weighted by molar-refractivity contribution is 5.59. The molecule has 0 aliphatic heterocycles. The molecule has 2 rings (SSSR count). The average Bonchev–Trinajstić information content (AvgIpc) is 2.52. The lowest BCUT2D eigenvalue weighted by Gasteiger charge is -2.07. The molecular formula is C14H20N6. The molecule has 6 N–H and O–H groups in total. The number of pyridine rings is 2. The van der Waals surface area contributed by atoms with Gasteiger partial charge in [0.05, 0.1) is 35.2 Å². The molecule has 0 aliphatic carbocycles. The fourth-order valence-corrected chi connectivity index (χ4v) is 1.73. The second-order valence-corrected chi connectivity index (χ2v) is 4.30. The van der Waals surface area contributed by atoms with E-state index in [1.807, 2.05) is 24.3 Å². The Morgan fingerprint density at radius 3 is 1.50 bits per heavy atom. The first kappa shape index (κ1) is 14.2. The Balaban J connectivity index is 2.03. The summed E-state index contributed by atoms with van der Waals surface area (Å²) in [6.45, 7) is 2.67. The Morgan fingerprint density at radius 2 is 1.20 bits per heavy atom. The largest absolute Gasteiger partial charge is 0.383 e. The minimum Gasteiger partial charge on any atom is -0.383 e. The second-order valence-electron chi connectivity index (χ2n) is 4.30. The topological polar surface area (TPSA) is 102 Å². The molecule has 0 amide bonds. The van der Waals surface area contributed by atoms with E-state index in [1.165, 1.54) is 0 Å². The Hall–Kier alpha value is -2.18. The summed E-state index contributed by atoms with van der Waals surface area (Å²) in [7, 11) is 0. The highest BCUT2D eigenvalue weighted by atomic mass is 14.9. The van der Waals surface area contributed by atoms with Gasteiger partial charge in [-0.3, -0.25) is 9.97 Å². The number of nitrogens with one attached hydrogen (secondary N) is 2. The minimum atomic E-state index is 0.598. The van der Waals surface area contributed by atoms with E-state index in [-0.39, 0.29) is 0 Å². The van der Waals surface area contributed by atoms with Crippen LogP contribution < -0.4 is 22.1 Å². The van der Waals surface area contributed by atoms with Gasteiger partial charge in [-0.1, -0.05) is 0 Å². The fourth-order valence-electron chi connectivity index (χ4n) is 1.73. The fraction of sp³-hybridized carbons (Fsp3) is 0.286. The summed E-state index contributed by atoms with van der Waals surface area (Å²) in [5, 5.41) is 6.35. The van der Waals surface area contributed by atoms with Crippen molar-refractivity contribution in [3.05, 3.63) is 36.7 Å². The van der Waals surface area contributed by atoms with Crippen LogP contribution in [0.25, 0.3) is 11.4 Å². The van der Waals surface area contributed by atoms with Crippen LogP contribution in [0.15, 0.2) is 36.7 Å². The van der Waals surface area contributed by atoms with Crippen LogP contribution in [0.2, 0.25) is 0 Å². The molecule has 0 unspecified atom stereocenters. The quantitative estimate of drug-likeness (QED) is 0.597. The highest BCUT2D eigenvalue weighted by Gasteiger charge is 2.01. The van der Waals surface area contributed by atoms with Gasteiger partial charge >= 0.3 is 0 Å². The monoisotopic (exact) mass is 272 g/mol. The van der Waals surface area contributed by atoms with Crippen molar-refractivity contribution in [2.45, 2.75) is 0 Å². The summed E-state index contributed by atoms with van der Waals surface area (Å²) in [4.78, 5) is 8.77. The van der Waals surface area contributed by atoms with E-state index in [0.29, 0.717) is 13.1 Å². The number of anilines is 2. The van der Waals surface area contributed by atoms with Crippen LogP contribution in [0.5, 0.6) is 0 Å². The summed E-state index contributed by atoms with van der Waals surface area (Å²) >= 11 is 0. The van der Waals surface area contributed by atoms with E-state index in [2.05, 4.69) is 20.6 Å². The molecule has 0 saturated carbocycles. The lowest BCUT2D eigenvalue weighted by Crippen LogP contribution is -2.13. The predicted octanol–water partition coefficient (Wildman–Crippen LogP) is 0.885. The Labute approximate surface area is 118 Å². The number of rotatable bonds is 7. The molecule has 0 bridgehead atoms. The molecule has 106 valence electrons. The van der Waals surface area contributed by atoms with Gasteiger partial charge in [-0.25, -0.2) is 0 Å². The van der Waals surface area contributed by atoms with Crippen LogP contribution >= 0.6 is 0 Å². The minimum absolute atomic E-state index is 0.598. The zero-order valence-corrected chi connectivity index (χ0v) is 11.3. The first-order valence-corrected chi connectivity index (χ1v) is 6.64. The van der Waals surface area contributed by atoms with Gasteiger partial charge in [0.1, 0.15) is 0 Å². The SMILES string of the molecule is NCCNc1ccc(-c2ccc(NCCN)cn2)nc1. The van der Waals surface area contributed by atoms with Crippen molar-refractivity contribution in [1.82, 2.24) is 9.97 Å². The zero-order chi connectivity index (χ0) is 14.2. The van der Waals surface area contributed by atoms with Gasteiger partial charge < -0.3 is 22.1 Å². The molecule has 0 spiro atoms. The van der Waals surface area contributed by atoms with E-state index in [1.54, 1.807) is 12.4 Å². The van der Waals surface area contributed by atoms with Crippen LogP contribution in [0.1, 0.15) is 0 Å². The van der Waals surface area contributed by atoms with E-state index in [9.17, 15) is 0 Å². The van der Waals surface area contributed by atoms with Gasteiger partial charge in [0.25, 0.3) is 0 Å². The summed E-state index contributed by atoms with van der Waals surface area (Å²) in [5.74, 6) is 0. The molecule has 20 heavy (non-hydrogen) atoms. The Bertz CT molecular complexity index is 459. The number of nitrogens with zero attached hydrogens (tertiary/aromatic N) is 2. The Kier molecular flexibility index (Phi) is 5.28. The number of nitrogens with two attached hydrogens (primary N) is 2. The molecule has 2 aromatic heterocycles. The van der Waals surface area contributed by atoms with Crippen LogP contribution in [-0.2, 0) is 0 Å². The molecular weight excluding hydrogens is 252 g/mol. The third-order valence-corrected chi connectivity index (χ3v) is 2.74. The summed E-state index contributed by atoms with van der Waals surface area (Å²) in [5.41, 5.74) is 14.5. The number of hydrogen-bond acceptors (Lipinski definition) is 6. The van der Waals surface area contributed by atoms with Crippen molar-refractivity contribution in [1.29, 1.82) is 0 Å². The average molecular weight is 272 g/mol. The summed E-state index contributed by atoms with van der Waals surface area (Å²) in [6.07, 6.45) is 3.57. The van der Waals surface area contributed by atoms with Gasteiger partial charge in [0.2, 0.25) is 0 Å². The van der Waals surface area contributed by atoms with Crippen molar-refractivity contribution < 1.29 is 0 Å². The van der Waals surface area contributed by atoms with Gasteiger partial charge in [-0.05, 0) is 24.3 Å². The Morgan fingerprint density at radius 1 is 0.750 bits per heavy atom. The normalized spacial score (nSPS) is 10.3. The maximum atomic E-state index is 5.44. The smallest absolute Gasteiger partial charge is 0.0887 e. The third-order valence-electron chi connectivity index (χ3n) is 2.74. The first-order chi connectivity index (χ1) is 9.83. The van der Waals surface area contributed by atoms with Crippen molar-refractivity contribution in [2.24, 2.45) is 11.5 Å². The van der Waals surface area contributed by atoms with Crippen molar-refractivity contribution in [3.8, 4) is 11.4 Å². The molecule has 0 atom stereocenters. The number of hydrogen-bond donors (Lipinski definition) is 4. The molecule has 0 fully saturated rings. The molecule has 6 heteroatoms. The zero-order valence-electron chi connectivity index (χ0n) is 11.3. The molecule has 0 saturated heterocycles. The highest BCUT2D eigenvalue weighted by Crippen LogP contribution is 2.17. The second kappa shape index (κ2) is 7.42. The lowest BCUT2D eigenvalue weighted by atomic mass is 10.2. The molecule has 0 aromatic carbocycles. The third kappa shape index (κ3) is 3.91. The van der Waals surface area contributed by atoms with Crippen molar-refractivity contribution in [3.63, 3.8) is 0 Å². The van der Waals surface area contributed by atoms with Crippen LogP contribution in [0.4, 0.5) is 11.4 Å². The maximum Gasteiger partial charge on any atom is 0.0887 e. The van der Waals surface area contributed by atoms with Crippen molar-refractivity contribution in [2.75, 3.05) is 36.8 Å². The summed E-state index contributed by atoms with van der Waals surface area (Å²) in [6, 6.07) is 7.82. The van der Waals surface area contributed by atoms with Crippen LogP contribution in [-0.4, -0.2) is 36.1 Å². The molecule has 0 aliphatic rings. The molecule has 2 heterocycles. The van der Waals surface area contributed by atoms with E-state index in [4.69, 9.17) is 11.5 Å². The molecule has 2 aromatic rings. The standard InChI is InChI=1S/C14H20N6/c15-5-7-17-11-1-3-13(19-9-11)14-4-2-12(10-20-14)18-8-6-16/h1-4,9-10,17-18H,5-8,15-16H2. The van der Waals surface area contributed by atoms with Gasteiger partial charge in [-0.2, -0.15) is 0 Å². The van der Waals surface area contributed by atoms with Crippen LogP contribution in [0, 0.1) is 0 Å². The maximum absolute atomic E-state index is 5.44. The van der Waals surface area contributed by atoms with Crippen LogP contribution in [0.3, 0.4) is 0 Å². The first-order valence-electron chi connectivity index (χ1n) is 6.64. The lowest BCUT2D eigenvalue weighted by molar-refractivity contribution is 1.02.